The van der Waals surface area contributed by atoms with Gasteiger partial charge in [-0.3, -0.25) is 9.69 Å². The van der Waals surface area contributed by atoms with E-state index in [2.05, 4.69) is 12.2 Å². The van der Waals surface area contributed by atoms with Crippen molar-refractivity contribution in [3.63, 3.8) is 0 Å². The van der Waals surface area contributed by atoms with Crippen LogP contribution in [0.4, 0.5) is 5.69 Å². The number of aliphatic hydroxyl groups is 2. The Balaban J connectivity index is 2.39. The smallest absolute Gasteiger partial charge is 0.221 e. The normalized spacial score (nSPS) is 12.2. The minimum atomic E-state index is -0.617. The lowest BCUT2D eigenvalue weighted by molar-refractivity contribution is -0.114. The van der Waals surface area contributed by atoms with Gasteiger partial charge in [-0.25, -0.2) is 0 Å². The predicted molar refractivity (Wildman–Crippen MR) is 86.1 cm³/mol. The fourth-order valence-electron chi connectivity index (χ4n) is 2.13. The molecule has 1 amide bonds. The van der Waals surface area contributed by atoms with Gasteiger partial charge in [-0.15, -0.1) is 0 Å². The molecule has 1 rings (SSSR count). The van der Waals surface area contributed by atoms with Gasteiger partial charge in [0.05, 0.1) is 6.61 Å². The molecule has 22 heavy (non-hydrogen) atoms. The highest BCUT2D eigenvalue weighted by Crippen LogP contribution is 2.15. The summed E-state index contributed by atoms with van der Waals surface area (Å²) in [6, 6.07) is 6.99. The van der Waals surface area contributed by atoms with Gasteiger partial charge in [0.15, 0.2) is 0 Å². The van der Waals surface area contributed by atoms with E-state index in [0.717, 1.165) is 13.0 Å². The first-order valence-electron chi connectivity index (χ1n) is 7.57. The van der Waals surface area contributed by atoms with Crippen molar-refractivity contribution in [2.75, 3.05) is 38.2 Å². The monoisotopic (exact) mass is 310 g/mol. The van der Waals surface area contributed by atoms with Gasteiger partial charge in [-0.2, -0.15) is 0 Å². The average Bonchev–Trinajstić information content (AvgIpc) is 2.46. The Morgan fingerprint density at radius 2 is 2.00 bits per heavy atom. The number of ether oxygens (including phenoxy) is 1. The van der Waals surface area contributed by atoms with Gasteiger partial charge in [-0.05, 0) is 37.2 Å². The predicted octanol–water partition coefficient (Wildman–Crippen LogP) is 1.09. The first-order chi connectivity index (χ1) is 10.5. The van der Waals surface area contributed by atoms with Gasteiger partial charge in [0.2, 0.25) is 5.91 Å². The van der Waals surface area contributed by atoms with Crippen LogP contribution in [0.1, 0.15) is 20.3 Å². The Morgan fingerprint density at radius 3 is 2.55 bits per heavy atom. The van der Waals surface area contributed by atoms with Crippen molar-refractivity contribution in [1.82, 2.24) is 4.90 Å². The SMILES string of the molecule is CCCN(CCO)C[C@H](O)COc1ccc(NC(C)=O)cc1. The third-order valence-corrected chi connectivity index (χ3v) is 3.04. The summed E-state index contributed by atoms with van der Waals surface area (Å²) in [4.78, 5) is 12.9. The van der Waals surface area contributed by atoms with E-state index in [-0.39, 0.29) is 19.1 Å². The molecule has 0 radical (unpaired) electrons. The zero-order valence-electron chi connectivity index (χ0n) is 13.3. The highest BCUT2D eigenvalue weighted by Gasteiger charge is 2.11. The van der Waals surface area contributed by atoms with Gasteiger partial charge in [0, 0.05) is 25.7 Å². The maximum atomic E-state index is 10.9. The fourth-order valence-corrected chi connectivity index (χ4v) is 2.13. The summed E-state index contributed by atoms with van der Waals surface area (Å²) >= 11 is 0. The van der Waals surface area contributed by atoms with E-state index in [0.29, 0.717) is 24.5 Å². The quantitative estimate of drug-likeness (QED) is 0.603. The Morgan fingerprint density at radius 1 is 1.32 bits per heavy atom. The van der Waals surface area contributed by atoms with Gasteiger partial charge >= 0.3 is 0 Å². The summed E-state index contributed by atoms with van der Waals surface area (Å²) < 4.78 is 5.53. The molecule has 1 atom stereocenters. The number of anilines is 1. The molecule has 1 aromatic carbocycles. The highest BCUT2D eigenvalue weighted by atomic mass is 16.5. The average molecular weight is 310 g/mol. The highest BCUT2D eigenvalue weighted by molar-refractivity contribution is 5.88. The van der Waals surface area contributed by atoms with E-state index in [1.54, 1.807) is 24.3 Å². The number of hydrogen-bond acceptors (Lipinski definition) is 5. The molecule has 124 valence electrons. The number of hydrogen-bond donors (Lipinski definition) is 3. The molecule has 1 aromatic rings. The lowest BCUT2D eigenvalue weighted by Gasteiger charge is -2.23. The molecular weight excluding hydrogens is 284 g/mol. The molecule has 0 saturated carbocycles. The third-order valence-electron chi connectivity index (χ3n) is 3.04. The molecule has 0 heterocycles. The Labute approximate surface area is 131 Å². The van der Waals surface area contributed by atoms with Gasteiger partial charge in [0.25, 0.3) is 0 Å². The van der Waals surface area contributed by atoms with Crippen molar-refractivity contribution >= 4 is 11.6 Å². The van der Waals surface area contributed by atoms with Crippen LogP contribution in [-0.2, 0) is 4.79 Å². The topological polar surface area (TPSA) is 82.0 Å². The molecule has 0 spiro atoms. The zero-order chi connectivity index (χ0) is 16.4. The number of carbonyl (C=O) groups is 1. The Bertz CT molecular complexity index is 430. The number of benzene rings is 1. The maximum absolute atomic E-state index is 10.9. The first kappa shape index (κ1) is 18.4. The molecule has 3 N–H and O–H groups in total. The van der Waals surface area contributed by atoms with E-state index in [1.165, 1.54) is 6.92 Å². The van der Waals surface area contributed by atoms with Crippen molar-refractivity contribution in [2.45, 2.75) is 26.4 Å². The number of nitrogens with one attached hydrogen (secondary N) is 1. The van der Waals surface area contributed by atoms with Gasteiger partial charge in [0.1, 0.15) is 18.5 Å². The van der Waals surface area contributed by atoms with Crippen molar-refractivity contribution < 1.29 is 19.7 Å². The Kier molecular flexibility index (Phi) is 8.50. The molecule has 6 heteroatoms. The number of aliphatic hydroxyl groups excluding tert-OH is 2. The maximum Gasteiger partial charge on any atom is 0.221 e. The third kappa shape index (κ3) is 7.40. The largest absolute Gasteiger partial charge is 0.491 e. The second-order valence-electron chi connectivity index (χ2n) is 5.19. The minimum absolute atomic E-state index is 0.0815. The molecular formula is C16H26N2O4. The lowest BCUT2D eigenvalue weighted by Crippen LogP contribution is -2.37. The summed E-state index contributed by atoms with van der Waals surface area (Å²) in [6.07, 6.45) is 0.353. The second-order valence-corrected chi connectivity index (χ2v) is 5.19. The molecule has 6 nitrogen and oxygen atoms in total. The number of nitrogens with zero attached hydrogens (tertiary/aromatic N) is 1. The molecule has 0 bridgehead atoms. The van der Waals surface area contributed by atoms with E-state index in [9.17, 15) is 9.90 Å². The minimum Gasteiger partial charge on any atom is -0.491 e. The summed E-state index contributed by atoms with van der Waals surface area (Å²) in [5, 5.41) is 21.7. The molecule has 0 fully saturated rings. The fraction of sp³-hybridized carbons (Fsp3) is 0.562. The standard InChI is InChI=1S/C16H26N2O4/c1-3-8-18(9-10-19)11-15(21)12-22-16-6-4-14(5-7-16)17-13(2)20/h4-7,15,19,21H,3,8-12H2,1-2H3,(H,17,20)/t15-/m0/s1. The van der Waals surface area contributed by atoms with Crippen LogP contribution in [0.15, 0.2) is 24.3 Å². The second kappa shape index (κ2) is 10.2. The van der Waals surface area contributed by atoms with Crippen LogP contribution in [0.25, 0.3) is 0 Å². The Hall–Kier alpha value is -1.63. The van der Waals surface area contributed by atoms with E-state index in [4.69, 9.17) is 9.84 Å². The zero-order valence-corrected chi connectivity index (χ0v) is 13.3. The van der Waals surface area contributed by atoms with Crippen LogP contribution < -0.4 is 10.1 Å². The lowest BCUT2D eigenvalue weighted by atomic mass is 10.3. The van der Waals surface area contributed by atoms with Crippen LogP contribution in [-0.4, -0.2) is 60.0 Å². The van der Waals surface area contributed by atoms with Crippen molar-refractivity contribution in [3.05, 3.63) is 24.3 Å². The summed E-state index contributed by atoms with van der Waals surface area (Å²) in [7, 11) is 0. The van der Waals surface area contributed by atoms with E-state index in [1.807, 2.05) is 4.90 Å². The van der Waals surface area contributed by atoms with Crippen LogP contribution in [0.2, 0.25) is 0 Å². The summed E-state index contributed by atoms with van der Waals surface area (Å²) in [6.45, 7) is 5.64. The van der Waals surface area contributed by atoms with Crippen LogP contribution in [0.3, 0.4) is 0 Å². The summed E-state index contributed by atoms with van der Waals surface area (Å²) in [5.41, 5.74) is 0.706. The van der Waals surface area contributed by atoms with Crippen molar-refractivity contribution in [1.29, 1.82) is 0 Å². The van der Waals surface area contributed by atoms with E-state index >= 15 is 0 Å². The number of carbonyl (C=O) groups excluding carboxylic acids is 1. The van der Waals surface area contributed by atoms with Crippen molar-refractivity contribution in [2.24, 2.45) is 0 Å². The van der Waals surface area contributed by atoms with Crippen molar-refractivity contribution in [3.8, 4) is 5.75 Å². The van der Waals surface area contributed by atoms with Crippen LogP contribution in [0, 0.1) is 0 Å². The molecule has 0 aliphatic rings. The van der Waals surface area contributed by atoms with Crippen LogP contribution >= 0.6 is 0 Å². The van der Waals surface area contributed by atoms with Gasteiger partial charge in [-0.1, -0.05) is 6.92 Å². The van der Waals surface area contributed by atoms with Gasteiger partial charge < -0.3 is 20.3 Å². The first-order valence-corrected chi connectivity index (χ1v) is 7.57. The molecule has 0 saturated heterocycles. The number of rotatable bonds is 10. The molecule has 0 aliphatic carbocycles. The summed E-state index contributed by atoms with van der Waals surface area (Å²) in [5.74, 6) is 0.515. The van der Waals surface area contributed by atoms with E-state index < -0.39 is 6.10 Å². The molecule has 0 unspecified atom stereocenters. The number of amides is 1. The molecule has 0 aromatic heterocycles. The van der Waals surface area contributed by atoms with Crippen LogP contribution in [0.5, 0.6) is 5.75 Å². The molecule has 0 aliphatic heterocycles.